The molecule has 0 aliphatic carbocycles. The topological polar surface area (TPSA) is 83.5 Å². The van der Waals surface area contributed by atoms with Gasteiger partial charge in [-0.2, -0.15) is 0 Å². The number of phenols is 1. The molecule has 0 unspecified atom stereocenters. The van der Waals surface area contributed by atoms with E-state index in [-0.39, 0.29) is 11.7 Å². The summed E-state index contributed by atoms with van der Waals surface area (Å²) in [6.45, 7) is 2.74. The third-order valence-electron chi connectivity index (χ3n) is 3.98. The summed E-state index contributed by atoms with van der Waals surface area (Å²) in [5, 5.41) is 15.3. The monoisotopic (exact) mass is 389 g/mol. The number of phenolic OH excluding ortho intramolecular Hbond substituents is 1. The molecule has 1 aromatic heterocycles. The summed E-state index contributed by atoms with van der Waals surface area (Å²) in [6.07, 6.45) is 5.80. The zero-order chi connectivity index (χ0) is 20.5. The number of pyridine rings is 1. The Labute approximate surface area is 169 Å². The first-order valence-electron chi connectivity index (χ1n) is 9.37. The van der Waals surface area contributed by atoms with E-state index in [0.717, 1.165) is 23.4 Å². The number of aromatic nitrogens is 1. The summed E-state index contributed by atoms with van der Waals surface area (Å²) < 4.78 is 5.55. The lowest BCUT2D eigenvalue weighted by Gasteiger charge is -2.11. The molecule has 6 heteroatoms. The molecule has 1 heterocycles. The summed E-state index contributed by atoms with van der Waals surface area (Å²) in [7, 11) is 0. The van der Waals surface area contributed by atoms with Crippen LogP contribution in [0.5, 0.6) is 11.5 Å². The lowest BCUT2D eigenvalue weighted by atomic mass is 10.2. The van der Waals surface area contributed by atoms with Crippen LogP contribution in [0.4, 0.5) is 17.2 Å². The number of carbonyl (C=O) groups is 1. The first kappa shape index (κ1) is 19.9. The average Bonchev–Trinajstić information content (AvgIpc) is 2.74. The van der Waals surface area contributed by atoms with E-state index in [4.69, 9.17) is 4.74 Å². The number of amides is 1. The molecule has 0 aliphatic rings. The van der Waals surface area contributed by atoms with Gasteiger partial charge in [-0.1, -0.05) is 19.1 Å². The first-order valence-corrected chi connectivity index (χ1v) is 9.37. The van der Waals surface area contributed by atoms with Crippen molar-refractivity contribution in [2.75, 3.05) is 17.2 Å². The largest absolute Gasteiger partial charge is 0.508 e. The fourth-order valence-corrected chi connectivity index (χ4v) is 2.53. The van der Waals surface area contributed by atoms with Crippen molar-refractivity contribution >= 4 is 29.2 Å². The van der Waals surface area contributed by atoms with Gasteiger partial charge in [0.15, 0.2) is 5.82 Å². The van der Waals surface area contributed by atoms with E-state index in [1.165, 1.54) is 6.08 Å². The van der Waals surface area contributed by atoms with Gasteiger partial charge in [0, 0.05) is 18.0 Å². The number of carbonyl (C=O) groups excluding carboxylic acids is 1. The van der Waals surface area contributed by atoms with Crippen molar-refractivity contribution in [3.05, 3.63) is 78.5 Å². The normalized spacial score (nSPS) is 10.7. The van der Waals surface area contributed by atoms with Crippen LogP contribution in [-0.2, 0) is 4.79 Å². The van der Waals surface area contributed by atoms with Crippen molar-refractivity contribution in [3.63, 3.8) is 0 Å². The summed E-state index contributed by atoms with van der Waals surface area (Å²) in [5.74, 6) is 1.24. The van der Waals surface area contributed by atoms with Crippen molar-refractivity contribution in [1.29, 1.82) is 0 Å². The van der Waals surface area contributed by atoms with Gasteiger partial charge in [-0.25, -0.2) is 4.98 Å². The second kappa shape index (κ2) is 9.94. The molecule has 0 saturated heterocycles. The van der Waals surface area contributed by atoms with E-state index < -0.39 is 0 Å². The van der Waals surface area contributed by atoms with Gasteiger partial charge in [-0.15, -0.1) is 0 Å². The van der Waals surface area contributed by atoms with Crippen LogP contribution in [0, 0.1) is 0 Å². The highest BCUT2D eigenvalue weighted by molar-refractivity contribution is 6.03. The number of rotatable bonds is 8. The molecule has 0 bridgehead atoms. The summed E-state index contributed by atoms with van der Waals surface area (Å²) in [6, 6.07) is 17.7. The van der Waals surface area contributed by atoms with Crippen molar-refractivity contribution in [3.8, 4) is 11.5 Å². The quantitative estimate of drug-likeness (QED) is 0.374. The minimum absolute atomic E-state index is 0.181. The third-order valence-corrected chi connectivity index (χ3v) is 3.98. The first-order chi connectivity index (χ1) is 14.1. The maximum atomic E-state index is 12.3. The minimum Gasteiger partial charge on any atom is -0.508 e. The molecular weight excluding hydrogens is 366 g/mol. The summed E-state index contributed by atoms with van der Waals surface area (Å²) in [4.78, 5) is 16.6. The number of anilines is 3. The van der Waals surface area contributed by atoms with Crippen LogP contribution < -0.4 is 15.4 Å². The number of benzene rings is 2. The van der Waals surface area contributed by atoms with E-state index >= 15 is 0 Å². The molecule has 2 aromatic carbocycles. The smallest absolute Gasteiger partial charge is 0.248 e. The molecule has 148 valence electrons. The van der Waals surface area contributed by atoms with Gasteiger partial charge in [0.05, 0.1) is 12.3 Å². The number of nitrogens with zero attached hydrogens (tertiary/aromatic N) is 1. The number of ether oxygens (including phenoxy) is 1. The molecule has 3 N–H and O–H groups in total. The van der Waals surface area contributed by atoms with Crippen molar-refractivity contribution in [2.45, 2.75) is 13.3 Å². The second-order valence-electron chi connectivity index (χ2n) is 6.31. The van der Waals surface area contributed by atoms with Gasteiger partial charge in [-0.3, -0.25) is 4.79 Å². The second-order valence-corrected chi connectivity index (χ2v) is 6.31. The van der Waals surface area contributed by atoms with Crippen molar-refractivity contribution in [1.82, 2.24) is 4.98 Å². The molecule has 0 fully saturated rings. The number of hydrogen-bond acceptors (Lipinski definition) is 5. The average molecular weight is 389 g/mol. The Bertz CT molecular complexity index is 967. The Morgan fingerprint density at radius 1 is 1.10 bits per heavy atom. The molecule has 29 heavy (non-hydrogen) atoms. The van der Waals surface area contributed by atoms with E-state index in [1.54, 1.807) is 48.7 Å². The van der Waals surface area contributed by atoms with Crippen LogP contribution in [-0.4, -0.2) is 22.6 Å². The van der Waals surface area contributed by atoms with Crippen molar-refractivity contribution in [2.24, 2.45) is 0 Å². The fourth-order valence-electron chi connectivity index (χ4n) is 2.53. The predicted octanol–water partition coefficient (Wildman–Crippen LogP) is 4.97. The van der Waals surface area contributed by atoms with Crippen LogP contribution in [0.2, 0.25) is 0 Å². The van der Waals surface area contributed by atoms with Crippen molar-refractivity contribution < 1.29 is 14.6 Å². The predicted molar refractivity (Wildman–Crippen MR) is 116 cm³/mol. The van der Waals surface area contributed by atoms with E-state index in [1.807, 2.05) is 24.3 Å². The molecule has 3 rings (SSSR count). The minimum atomic E-state index is -0.266. The maximum Gasteiger partial charge on any atom is 0.248 e. The van der Waals surface area contributed by atoms with Gasteiger partial charge >= 0.3 is 0 Å². The standard InChI is InChI=1S/C23H23N3O3/c1-2-16-29-20-12-5-17(6-13-20)7-14-22(28)26-21-4-3-15-24-23(21)25-18-8-10-19(27)11-9-18/h3-15,27H,2,16H2,1H3,(H,24,25)(H,26,28)/b14-7+. The van der Waals surface area contributed by atoms with E-state index in [9.17, 15) is 9.90 Å². The SMILES string of the molecule is CCCOc1ccc(/C=C/C(=O)Nc2cccnc2Nc2ccc(O)cc2)cc1. The zero-order valence-electron chi connectivity index (χ0n) is 16.1. The van der Waals surface area contributed by atoms with Crippen LogP contribution in [0.3, 0.4) is 0 Å². The number of nitrogens with one attached hydrogen (secondary N) is 2. The van der Waals surface area contributed by atoms with E-state index in [0.29, 0.717) is 18.1 Å². The van der Waals surface area contributed by atoms with Gasteiger partial charge in [0.2, 0.25) is 5.91 Å². The highest BCUT2D eigenvalue weighted by Crippen LogP contribution is 2.24. The molecule has 0 radical (unpaired) electrons. The van der Waals surface area contributed by atoms with Gasteiger partial charge < -0.3 is 20.5 Å². The Balaban J connectivity index is 1.63. The highest BCUT2D eigenvalue weighted by atomic mass is 16.5. The lowest BCUT2D eigenvalue weighted by Crippen LogP contribution is -2.10. The molecule has 0 spiro atoms. The molecule has 3 aromatic rings. The Hall–Kier alpha value is -3.80. The fraction of sp³-hybridized carbons (Fsp3) is 0.130. The Kier molecular flexibility index (Phi) is 6.84. The lowest BCUT2D eigenvalue weighted by molar-refractivity contribution is -0.111. The van der Waals surface area contributed by atoms with Crippen LogP contribution in [0.1, 0.15) is 18.9 Å². The molecule has 6 nitrogen and oxygen atoms in total. The molecule has 0 saturated carbocycles. The van der Waals surface area contributed by atoms with Crippen LogP contribution in [0.25, 0.3) is 6.08 Å². The molecule has 0 aliphatic heterocycles. The Morgan fingerprint density at radius 2 is 1.86 bits per heavy atom. The number of aromatic hydroxyl groups is 1. The molecule has 1 amide bonds. The molecule has 0 atom stereocenters. The highest BCUT2D eigenvalue weighted by Gasteiger charge is 2.06. The molecular formula is C23H23N3O3. The summed E-state index contributed by atoms with van der Waals surface area (Å²) in [5.41, 5.74) is 2.20. The van der Waals surface area contributed by atoms with Gasteiger partial charge in [0.25, 0.3) is 0 Å². The van der Waals surface area contributed by atoms with E-state index in [2.05, 4.69) is 22.5 Å². The number of hydrogen-bond donors (Lipinski definition) is 3. The zero-order valence-corrected chi connectivity index (χ0v) is 16.1. The van der Waals surface area contributed by atoms with Crippen LogP contribution in [0.15, 0.2) is 72.9 Å². The van der Waals surface area contributed by atoms with Gasteiger partial charge in [-0.05, 0) is 66.6 Å². The maximum absolute atomic E-state index is 12.3. The van der Waals surface area contributed by atoms with Gasteiger partial charge in [0.1, 0.15) is 11.5 Å². The Morgan fingerprint density at radius 3 is 2.59 bits per heavy atom. The third kappa shape index (κ3) is 6.10. The van der Waals surface area contributed by atoms with Crippen LogP contribution >= 0.6 is 0 Å². The summed E-state index contributed by atoms with van der Waals surface area (Å²) >= 11 is 0.